The molecule has 0 radical (unpaired) electrons. The van der Waals surface area contributed by atoms with Gasteiger partial charge in [0.1, 0.15) is 12.3 Å². The van der Waals surface area contributed by atoms with Crippen LogP contribution >= 0.6 is 11.8 Å². The van der Waals surface area contributed by atoms with Crippen molar-refractivity contribution < 1.29 is 47.5 Å². The predicted molar refractivity (Wildman–Crippen MR) is 248 cm³/mol. The zero-order valence-corrected chi connectivity index (χ0v) is 38.8. The molecule has 2 aromatic carbocycles. The molecule has 0 aliphatic carbocycles. The number of amides is 3. The van der Waals surface area contributed by atoms with E-state index in [0.717, 1.165) is 62.9 Å². The number of carbonyl (C=O) groups is 3. The lowest BCUT2D eigenvalue weighted by Crippen LogP contribution is -2.36. The number of fused-ring (bicyclic) bond motifs is 1. The number of nitrogens with one attached hydrogen (secondary N) is 3. The Labute approximate surface area is 381 Å². The number of nitrogens with zero attached hydrogens (tertiary/aromatic N) is 3. The quantitative estimate of drug-likeness (QED) is 0.0336. The molecule has 3 atom stereocenters. The molecule has 2 saturated heterocycles. The van der Waals surface area contributed by atoms with Gasteiger partial charge in [-0.15, -0.1) is 5.10 Å². The number of allylic oxidation sites excluding steroid dienone is 2. The zero-order chi connectivity index (χ0) is 45.5. The molecule has 350 valence electrons. The van der Waals surface area contributed by atoms with Gasteiger partial charge in [-0.1, -0.05) is 62.3 Å². The fraction of sp³-hybridized carbons (Fsp3) is 0.553. The van der Waals surface area contributed by atoms with Gasteiger partial charge >= 0.3 is 6.03 Å². The van der Waals surface area contributed by atoms with Gasteiger partial charge in [0.15, 0.2) is 28.8 Å². The Kier molecular flexibility index (Phi) is 20.9. The van der Waals surface area contributed by atoms with Crippen LogP contribution < -0.4 is 44.4 Å². The number of thioether (sulfide) groups is 1. The van der Waals surface area contributed by atoms with Gasteiger partial charge < -0.3 is 49.1 Å². The summed E-state index contributed by atoms with van der Waals surface area (Å²) in [6.45, 7) is 2.57. The van der Waals surface area contributed by atoms with Crippen LogP contribution in [-0.4, -0.2) is 111 Å². The summed E-state index contributed by atoms with van der Waals surface area (Å²) >= 11 is 1.92. The van der Waals surface area contributed by atoms with E-state index in [1.807, 2.05) is 18.0 Å². The lowest BCUT2D eigenvalue weighted by atomic mass is 10.0. The number of aromatic nitrogens is 3. The van der Waals surface area contributed by atoms with Crippen LogP contribution in [-0.2, 0) is 27.5 Å². The van der Waals surface area contributed by atoms with Crippen molar-refractivity contribution in [1.29, 1.82) is 0 Å². The molecule has 3 amide bonds. The number of unbranched alkanes of at least 4 members (excludes halogenated alkanes) is 8. The smallest absolute Gasteiger partial charge is 0.315 e. The highest BCUT2D eigenvalue weighted by molar-refractivity contribution is 8.00. The molecule has 0 spiro atoms. The van der Waals surface area contributed by atoms with Gasteiger partial charge in [0, 0.05) is 30.6 Å². The third-order valence-corrected chi connectivity index (χ3v) is 12.6. The van der Waals surface area contributed by atoms with E-state index in [9.17, 15) is 14.4 Å². The third kappa shape index (κ3) is 15.7. The standard InChI is InChI=1S/C47H66N6O10S/c1-57-38-26-33(27-39(58-2)45(38)61-5)18-20-36(54)21-19-34-28-40(59-3)46(41(29-34)60-4)63-25-23-53-30-35(51-52-53)31-62-24-15-11-9-7-6-8-10-14-22-48-43(55)17-13-12-16-42-44-37(32-64-42)49-47(56)50-44/h18-21,26-30,37,42,44H,6-17,22-25,31-32H2,1-5H3,(H,48,55)(H2,49,50,56)/b20-18+,21-19+/t37-,42-,44-/m0/s1. The number of hydrogen-bond donors (Lipinski definition) is 3. The number of benzene rings is 2. The molecule has 1 aromatic heterocycles. The molecule has 2 fully saturated rings. The largest absolute Gasteiger partial charge is 0.493 e. The molecular weight excluding hydrogens is 841 g/mol. The highest BCUT2D eigenvalue weighted by atomic mass is 32.2. The summed E-state index contributed by atoms with van der Waals surface area (Å²) in [5.41, 5.74) is 2.16. The second-order valence-corrected chi connectivity index (χ2v) is 17.0. The van der Waals surface area contributed by atoms with Gasteiger partial charge in [-0.2, -0.15) is 11.8 Å². The average Bonchev–Trinajstić information content (AvgIpc) is 4.03. The Morgan fingerprint density at radius 3 is 2.00 bits per heavy atom. The Morgan fingerprint density at radius 1 is 0.766 bits per heavy atom. The van der Waals surface area contributed by atoms with Crippen molar-refractivity contribution in [3.63, 3.8) is 0 Å². The molecule has 16 nitrogen and oxygen atoms in total. The minimum atomic E-state index is -0.226. The van der Waals surface area contributed by atoms with Crippen molar-refractivity contribution in [2.24, 2.45) is 0 Å². The van der Waals surface area contributed by atoms with Crippen LogP contribution in [0.2, 0.25) is 0 Å². The highest BCUT2D eigenvalue weighted by Crippen LogP contribution is 2.40. The fourth-order valence-electron chi connectivity index (χ4n) is 7.66. The first kappa shape index (κ1) is 49.6. The molecule has 3 N–H and O–H groups in total. The van der Waals surface area contributed by atoms with E-state index in [4.69, 9.17) is 33.2 Å². The molecule has 2 aliphatic heterocycles. The zero-order valence-electron chi connectivity index (χ0n) is 38.0. The summed E-state index contributed by atoms with van der Waals surface area (Å²) in [4.78, 5) is 36.5. The number of rotatable bonds is 31. The number of carbonyl (C=O) groups excluding carboxylic acids is 3. The Balaban J connectivity index is 0.884. The van der Waals surface area contributed by atoms with Crippen LogP contribution in [0.25, 0.3) is 12.2 Å². The van der Waals surface area contributed by atoms with Crippen LogP contribution in [0.1, 0.15) is 93.9 Å². The number of ether oxygens (including phenoxy) is 7. The molecule has 0 unspecified atom stereocenters. The Morgan fingerprint density at radius 2 is 1.38 bits per heavy atom. The van der Waals surface area contributed by atoms with Crippen LogP contribution in [0.4, 0.5) is 4.79 Å². The van der Waals surface area contributed by atoms with E-state index in [1.54, 1.807) is 55.3 Å². The fourth-order valence-corrected chi connectivity index (χ4v) is 9.20. The van der Waals surface area contributed by atoms with Crippen LogP contribution in [0.3, 0.4) is 0 Å². The van der Waals surface area contributed by atoms with E-state index in [1.165, 1.54) is 59.2 Å². The maximum absolute atomic E-state index is 12.7. The molecule has 17 heteroatoms. The van der Waals surface area contributed by atoms with Gasteiger partial charge in [0.25, 0.3) is 0 Å². The summed E-state index contributed by atoms with van der Waals surface area (Å²) in [6, 6.07) is 7.51. The first-order valence-corrected chi connectivity index (χ1v) is 23.3. The maximum Gasteiger partial charge on any atom is 0.315 e. The third-order valence-electron chi connectivity index (χ3n) is 11.1. The summed E-state index contributed by atoms with van der Waals surface area (Å²) in [7, 11) is 7.70. The van der Waals surface area contributed by atoms with Crippen LogP contribution in [0.5, 0.6) is 34.5 Å². The molecule has 2 aliphatic rings. The second-order valence-electron chi connectivity index (χ2n) is 15.7. The monoisotopic (exact) mass is 906 g/mol. The van der Waals surface area contributed by atoms with Crippen molar-refractivity contribution in [2.45, 2.75) is 108 Å². The predicted octanol–water partition coefficient (Wildman–Crippen LogP) is 7.18. The van der Waals surface area contributed by atoms with E-state index < -0.39 is 0 Å². The van der Waals surface area contributed by atoms with Crippen molar-refractivity contribution in [1.82, 2.24) is 30.9 Å². The highest BCUT2D eigenvalue weighted by Gasteiger charge is 2.42. The molecule has 64 heavy (non-hydrogen) atoms. The lowest BCUT2D eigenvalue weighted by molar-refractivity contribution is -0.121. The number of methoxy groups -OCH3 is 5. The van der Waals surface area contributed by atoms with Crippen molar-refractivity contribution >= 4 is 41.6 Å². The SMILES string of the molecule is COc1cc(/C=C/C(=O)/C=C/c2cc(OC)c(OCCn3cc(COCCCCCCCCCCNC(=O)CCCC[C@@H]4SC[C@@H]5NC(=O)N[C@@H]54)nn3)c(OC)c2)cc(OC)c1OC. The summed E-state index contributed by atoms with van der Waals surface area (Å²) in [5, 5.41) is 18.0. The minimum Gasteiger partial charge on any atom is -0.493 e. The molecule has 3 heterocycles. The molecule has 0 bridgehead atoms. The van der Waals surface area contributed by atoms with Gasteiger partial charge in [0.05, 0.1) is 67.0 Å². The van der Waals surface area contributed by atoms with E-state index >= 15 is 0 Å². The van der Waals surface area contributed by atoms with Gasteiger partial charge in [0.2, 0.25) is 17.4 Å². The van der Waals surface area contributed by atoms with Gasteiger partial charge in [-0.25, -0.2) is 9.48 Å². The van der Waals surface area contributed by atoms with E-state index in [2.05, 4.69) is 26.3 Å². The van der Waals surface area contributed by atoms with Crippen molar-refractivity contribution in [3.8, 4) is 34.5 Å². The first-order chi connectivity index (χ1) is 31.2. The molecular formula is C47H66N6O10S. The molecule has 0 saturated carbocycles. The Bertz CT molecular complexity index is 1960. The van der Waals surface area contributed by atoms with E-state index in [0.29, 0.717) is 77.1 Å². The number of hydrogen-bond acceptors (Lipinski definition) is 13. The summed E-state index contributed by atoms with van der Waals surface area (Å²) in [6.07, 6.45) is 20.7. The second kappa shape index (κ2) is 27.0. The molecule has 5 rings (SSSR count). The van der Waals surface area contributed by atoms with E-state index in [-0.39, 0.29) is 36.4 Å². The topological polar surface area (TPSA) is 183 Å². The maximum atomic E-state index is 12.7. The van der Waals surface area contributed by atoms with Crippen LogP contribution in [0.15, 0.2) is 42.6 Å². The summed E-state index contributed by atoms with van der Waals surface area (Å²) < 4.78 is 41.0. The normalized spacial score (nSPS) is 16.7. The summed E-state index contributed by atoms with van der Waals surface area (Å²) in [5.74, 6) is 3.72. The number of ketones is 1. The number of urea groups is 1. The van der Waals surface area contributed by atoms with Gasteiger partial charge in [-0.05, 0) is 73.2 Å². The van der Waals surface area contributed by atoms with Crippen LogP contribution in [0, 0.1) is 0 Å². The average molecular weight is 907 g/mol. The Hall–Kier alpha value is -5.42. The van der Waals surface area contributed by atoms with Crippen molar-refractivity contribution in [3.05, 3.63) is 59.4 Å². The van der Waals surface area contributed by atoms with Crippen molar-refractivity contribution in [2.75, 3.05) is 61.1 Å². The molecule has 3 aromatic rings. The lowest BCUT2D eigenvalue weighted by Gasteiger charge is -2.16. The van der Waals surface area contributed by atoms with Gasteiger partial charge in [-0.3, -0.25) is 9.59 Å². The first-order valence-electron chi connectivity index (χ1n) is 22.3. The minimum absolute atomic E-state index is 0.0471.